The van der Waals surface area contributed by atoms with Crippen molar-refractivity contribution in [2.24, 2.45) is 5.92 Å². The van der Waals surface area contributed by atoms with Crippen molar-refractivity contribution in [3.8, 4) is 0 Å². The third-order valence-electron chi connectivity index (χ3n) is 7.66. The van der Waals surface area contributed by atoms with E-state index in [1.165, 1.54) is 4.68 Å². The van der Waals surface area contributed by atoms with Gasteiger partial charge in [-0.25, -0.2) is 9.67 Å². The van der Waals surface area contributed by atoms with E-state index in [1.54, 1.807) is 24.0 Å². The first-order chi connectivity index (χ1) is 21.6. The van der Waals surface area contributed by atoms with Gasteiger partial charge < -0.3 is 20.9 Å². The Morgan fingerprint density at radius 1 is 0.956 bits per heavy atom. The van der Waals surface area contributed by atoms with E-state index in [0.29, 0.717) is 55.6 Å². The zero-order valence-electron chi connectivity index (χ0n) is 26.1. The Balaban J connectivity index is 1.57. The molecule has 240 valence electrons. The van der Waals surface area contributed by atoms with Crippen molar-refractivity contribution in [3.05, 3.63) is 82.4 Å². The van der Waals surface area contributed by atoms with Crippen molar-refractivity contribution in [2.75, 3.05) is 19.6 Å². The molecule has 0 saturated heterocycles. The normalized spacial score (nSPS) is 19.1. The summed E-state index contributed by atoms with van der Waals surface area (Å²) in [5.74, 6) is -0.0856. The fourth-order valence-corrected chi connectivity index (χ4v) is 5.42. The SMILES string of the molecule is Cc1nc2n(n1)CC(=O)NCCCN(C(=O)Cc1ccc(Cl)cc1)CCCC(=O)N[C@H](Cc1ccccc1)C(=O)N[C@H]2C(C)C. The number of rotatable bonds is 5. The van der Waals surface area contributed by atoms with Crippen LogP contribution in [-0.4, -0.2) is 69.0 Å². The number of hydrogen-bond acceptors (Lipinski definition) is 6. The molecule has 0 radical (unpaired) electrons. The molecule has 0 unspecified atom stereocenters. The van der Waals surface area contributed by atoms with E-state index in [-0.39, 0.29) is 48.9 Å². The summed E-state index contributed by atoms with van der Waals surface area (Å²) < 4.78 is 1.52. The lowest BCUT2D eigenvalue weighted by Crippen LogP contribution is -2.50. The van der Waals surface area contributed by atoms with Crippen molar-refractivity contribution in [2.45, 2.75) is 71.5 Å². The van der Waals surface area contributed by atoms with Crippen LogP contribution in [0.25, 0.3) is 0 Å². The van der Waals surface area contributed by atoms with Crippen LogP contribution in [0.4, 0.5) is 0 Å². The molecule has 0 bridgehead atoms. The molecule has 0 aliphatic carbocycles. The molecule has 2 heterocycles. The average molecular weight is 636 g/mol. The van der Waals surface area contributed by atoms with Gasteiger partial charge in [-0.05, 0) is 48.9 Å². The zero-order valence-corrected chi connectivity index (χ0v) is 26.8. The molecule has 1 aliphatic rings. The standard InChI is InChI=1S/C33H42ClN7O4/c1-22(2)31-32-36-23(3)39-41(32)21-29(43)35-16-8-18-40(30(44)20-25-12-14-26(34)15-13-25)17-7-11-28(42)37-27(33(45)38-31)19-24-9-5-4-6-10-24/h4-6,9-10,12-15,22,27,31H,7-8,11,16-21H2,1-3H3,(H,35,43)(H,37,42)(H,38,45)/t27-,31+/m1/s1. The number of aryl methyl sites for hydroxylation is 1. The van der Waals surface area contributed by atoms with Crippen LogP contribution in [-0.2, 0) is 38.6 Å². The van der Waals surface area contributed by atoms with Gasteiger partial charge in [0.1, 0.15) is 18.4 Å². The number of hydrogen-bond donors (Lipinski definition) is 3. The lowest BCUT2D eigenvalue weighted by atomic mass is 10.0. The Morgan fingerprint density at radius 3 is 2.38 bits per heavy atom. The van der Waals surface area contributed by atoms with Crippen LogP contribution in [0.2, 0.25) is 5.02 Å². The minimum atomic E-state index is -0.844. The molecule has 12 heteroatoms. The summed E-state index contributed by atoms with van der Waals surface area (Å²) in [4.78, 5) is 59.5. The van der Waals surface area contributed by atoms with E-state index in [0.717, 1.165) is 11.1 Å². The molecular weight excluding hydrogens is 594 g/mol. The van der Waals surface area contributed by atoms with Crippen LogP contribution < -0.4 is 16.0 Å². The van der Waals surface area contributed by atoms with Gasteiger partial charge in [0.2, 0.25) is 23.6 Å². The fraction of sp³-hybridized carbons (Fsp3) is 0.455. The molecule has 3 N–H and O–H groups in total. The summed E-state index contributed by atoms with van der Waals surface area (Å²) in [7, 11) is 0. The molecule has 45 heavy (non-hydrogen) atoms. The molecule has 4 rings (SSSR count). The molecule has 0 saturated carbocycles. The van der Waals surface area contributed by atoms with E-state index in [9.17, 15) is 19.2 Å². The maximum absolute atomic E-state index is 13.8. The van der Waals surface area contributed by atoms with Gasteiger partial charge in [0.25, 0.3) is 0 Å². The second-order valence-electron chi connectivity index (χ2n) is 11.7. The first-order valence-corrected chi connectivity index (χ1v) is 15.8. The predicted molar refractivity (Wildman–Crippen MR) is 171 cm³/mol. The highest BCUT2D eigenvalue weighted by Crippen LogP contribution is 2.21. The molecule has 1 aromatic heterocycles. The second kappa shape index (κ2) is 16.2. The quantitative estimate of drug-likeness (QED) is 0.394. The number of halogens is 1. The maximum atomic E-state index is 13.8. The van der Waals surface area contributed by atoms with Gasteiger partial charge in [0.15, 0.2) is 5.82 Å². The Labute approximate surface area is 269 Å². The number of aromatic nitrogens is 3. The largest absolute Gasteiger partial charge is 0.354 e. The Hall–Kier alpha value is -4.25. The number of benzene rings is 2. The fourth-order valence-electron chi connectivity index (χ4n) is 5.30. The third kappa shape index (κ3) is 10.1. The third-order valence-corrected chi connectivity index (χ3v) is 7.91. The van der Waals surface area contributed by atoms with E-state index in [1.807, 2.05) is 56.3 Å². The van der Waals surface area contributed by atoms with Crippen LogP contribution in [0.3, 0.4) is 0 Å². The van der Waals surface area contributed by atoms with Crippen LogP contribution in [0, 0.1) is 12.8 Å². The minimum Gasteiger partial charge on any atom is -0.354 e. The van der Waals surface area contributed by atoms with E-state index in [2.05, 4.69) is 26.0 Å². The highest BCUT2D eigenvalue weighted by Gasteiger charge is 2.30. The number of nitrogens with one attached hydrogen (secondary N) is 3. The Morgan fingerprint density at radius 2 is 1.67 bits per heavy atom. The van der Waals surface area contributed by atoms with Crippen molar-refractivity contribution in [1.82, 2.24) is 35.6 Å². The highest BCUT2D eigenvalue weighted by molar-refractivity contribution is 6.30. The number of carbonyl (C=O) groups is 4. The van der Waals surface area contributed by atoms with Crippen LogP contribution >= 0.6 is 11.6 Å². The molecule has 0 spiro atoms. The van der Waals surface area contributed by atoms with Crippen LogP contribution in [0.5, 0.6) is 0 Å². The number of nitrogens with zero attached hydrogens (tertiary/aromatic N) is 4. The molecule has 3 aromatic rings. The number of carbonyl (C=O) groups excluding carboxylic acids is 4. The monoisotopic (exact) mass is 635 g/mol. The van der Waals surface area contributed by atoms with Gasteiger partial charge >= 0.3 is 0 Å². The van der Waals surface area contributed by atoms with E-state index in [4.69, 9.17) is 11.6 Å². The first kappa shape index (κ1) is 33.6. The van der Waals surface area contributed by atoms with Crippen molar-refractivity contribution >= 4 is 35.2 Å². The Bertz CT molecular complexity index is 1460. The zero-order chi connectivity index (χ0) is 32.3. The summed E-state index contributed by atoms with van der Waals surface area (Å²) >= 11 is 6.00. The van der Waals surface area contributed by atoms with Gasteiger partial charge in [-0.2, -0.15) is 5.10 Å². The van der Waals surface area contributed by atoms with Crippen LogP contribution in [0.15, 0.2) is 54.6 Å². The highest BCUT2D eigenvalue weighted by atomic mass is 35.5. The van der Waals surface area contributed by atoms with Crippen LogP contribution in [0.1, 0.15) is 61.9 Å². The summed E-state index contributed by atoms with van der Waals surface area (Å²) in [6.45, 7) is 6.71. The molecule has 1 aliphatic heterocycles. The molecule has 4 amide bonds. The average Bonchev–Trinajstić information content (AvgIpc) is 3.36. The van der Waals surface area contributed by atoms with Gasteiger partial charge in [0.05, 0.1) is 12.5 Å². The van der Waals surface area contributed by atoms with Gasteiger partial charge in [0, 0.05) is 37.5 Å². The van der Waals surface area contributed by atoms with E-state index >= 15 is 0 Å². The maximum Gasteiger partial charge on any atom is 0.243 e. The second-order valence-corrected chi connectivity index (χ2v) is 12.1. The lowest BCUT2D eigenvalue weighted by molar-refractivity contribution is -0.131. The first-order valence-electron chi connectivity index (χ1n) is 15.4. The molecule has 2 atom stereocenters. The summed E-state index contributed by atoms with van der Waals surface area (Å²) in [5, 5.41) is 13.9. The van der Waals surface area contributed by atoms with Crippen molar-refractivity contribution in [1.29, 1.82) is 0 Å². The van der Waals surface area contributed by atoms with Gasteiger partial charge in [-0.3, -0.25) is 19.2 Å². The van der Waals surface area contributed by atoms with E-state index < -0.39 is 12.1 Å². The minimum absolute atomic E-state index is 0.0708. The summed E-state index contributed by atoms with van der Waals surface area (Å²) in [6, 6.07) is 15.2. The summed E-state index contributed by atoms with van der Waals surface area (Å²) in [5.41, 5.74) is 1.74. The predicted octanol–water partition coefficient (Wildman–Crippen LogP) is 3.15. The number of fused-ring (bicyclic) bond motifs is 1. The molecule has 11 nitrogen and oxygen atoms in total. The van der Waals surface area contributed by atoms with Crippen molar-refractivity contribution in [3.63, 3.8) is 0 Å². The van der Waals surface area contributed by atoms with Gasteiger partial charge in [-0.1, -0.05) is 67.9 Å². The molecule has 0 fully saturated rings. The molecule has 2 aromatic carbocycles. The van der Waals surface area contributed by atoms with Crippen molar-refractivity contribution < 1.29 is 19.2 Å². The number of amides is 4. The Kier molecular flexibility index (Phi) is 12.1. The smallest absolute Gasteiger partial charge is 0.243 e. The topological polar surface area (TPSA) is 138 Å². The van der Waals surface area contributed by atoms with Gasteiger partial charge in [-0.15, -0.1) is 0 Å². The summed E-state index contributed by atoms with van der Waals surface area (Å²) in [6.07, 6.45) is 1.59. The molecular formula is C33H42ClN7O4. The lowest BCUT2D eigenvalue weighted by Gasteiger charge is -2.26.